The number of hydrogen-bond acceptors (Lipinski definition) is 5. The lowest BCUT2D eigenvalue weighted by atomic mass is 9.98. The summed E-state index contributed by atoms with van der Waals surface area (Å²) in [7, 11) is 1.31. The van der Waals surface area contributed by atoms with Crippen LogP contribution in [0.25, 0.3) is 11.1 Å². The van der Waals surface area contributed by atoms with Crippen LogP contribution in [0.3, 0.4) is 0 Å². The normalized spacial score (nSPS) is 15.0. The molecule has 0 fully saturated rings. The second-order valence-corrected chi connectivity index (χ2v) is 7.40. The number of carbonyl (C=O) groups excluding carboxylic acids is 2. The van der Waals surface area contributed by atoms with Gasteiger partial charge < -0.3 is 15.0 Å². The van der Waals surface area contributed by atoms with Gasteiger partial charge in [0.2, 0.25) is 23.6 Å². The second-order valence-electron chi connectivity index (χ2n) is 7.40. The number of halogens is 3. The summed E-state index contributed by atoms with van der Waals surface area (Å²) in [6, 6.07) is 9.71. The van der Waals surface area contributed by atoms with E-state index in [0.29, 0.717) is 11.3 Å². The standard InChI is InChI=1S/C23H19F3N4O3/c1-12-20-15(4-3-9-27-20)19-16(10-18(33-2)29-22(19)26)30(23(12)32)11-17(31)28-14-7-5-13(6-8-14)21(24)25/h3-10,12,21H,11H2,1-2H3,(H,28,31)/t12-/m0/s1. The fourth-order valence-electron chi connectivity index (χ4n) is 3.71. The summed E-state index contributed by atoms with van der Waals surface area (Å²) in [5.41, 5.74) is 1.01. The zero-order valence-corrected chi connectivity index (χ0v) is 17.7. The summed E-state index contributed by atoms with van der Waals surface area (Å²) in [6.07, 6.45) is -1.13. The molecule has 170 valence electrons. The summed E-state index contributed by atoms with van der Waals surface area (Å²) in [5.74, 6) is -2.76. The van der Waals surface area contributed by atoms with Gasteiger partial charge in [-0.15, -0.1) is 0 Å². The first-order valence-corrected chi connectivity index (χ1v) is 9.99. The van der Waals surface area contributed by atoms with Crippen LogP contribution in [0.5, 0.6) is 5.88 Å². The van der Waals surface area contributed by atoms with Gasteiger partial charge in [0.25, 0.3) is 6.43 Å². The van der Waals surface area contributed by atoms with Crippen LogP contribution in [0, 0.1) is 5.95 Å². The summed E-state index contributed by atoms with van der Waals surface area (Å²) in [5, 5.41) is 2.57. The number of nitrogens with one attached hydrogen (secondary N) is 1. The van der Waals surface area contributed by atoms with E-state index in [4.69, 9.17) is 4.74 Å². The Morgan fingerprint density at radius 2 is 1.97 bits per heavy atom. The molecule has 1 N–H and O–H groups in total. The molecule has 0 radical (unpaired) electrons. The number of anilines is 2. The summed E-state index contributed by atoms with van der Waals surface area (Å²) >= 11 is 0. The van der Waals surface area contributed by atoms with Crippen molar-refractivity contribution in [1.82, 2.24) is 9.97 Å². The number of benzene rings is 1. The van der Waals surface area contributed by atoms with Crippen molar-refractivity contribution in [2.45, 2.75) is 19.3 Å². The lowest BCUT2D eigenvalue weighted by Crippen LogP contribution is -2.40. The van der Waals surface area contributed by atoms with Gasteiger partial charge in [0.15, 0.2) is 0 Å². The number of carbonyl (C=O) groups is 2. The molecule has 3 aromatic rings. The average Bonchev–Trinajstić information content (AvgIpc) is 2.89. The molecule has 0 spiro atoms. The molecule has 2 aromatic heterocycles. The monoisotopic (exact) mass is 456 g/mol. The molecule has 1 atom stereocenters. The Morgan fingerprint density at radius 1 is 1.24 bits per heavy atom. The van der Waals surface area contributed by atoms with Crippen LogP contribution in [0.1, 0.15) is 30.5 Å². The van der Waals surface area contributed by atoms with E-state index in [1.807, 2.05) is 0 Å². The first kappa shape index (κ1) is 22.3. The molecule has 0 aliphatic carbocycles. The van der Waals surface area contributed by atoms with Crippen LogP contribution in [-0.2, 0) is 9.59 Å². The van der Waals surface area contributed by atoms with Crippen molar-refractivity contribution in [2.24, 2.45) is 0 Å². The van der Waals surface area contributed by atoms with E-state index < -0.39 is 36.7 Å². The topological polar surface area (TPSA) is 84.4 Å². The van der Waals surface area contributed by atoms with Crippen molar-refractivity contribution >= 4 is 23.2 Å². The minimum absolute atomic E-state index is 0.0330. The molecule has 0 saturated carbocycles. The molecular formula is C23H19F3N4O3. The lowest BCUT2D eigenvalue weighted by Gasteiger charge is -2.24. The van der Waals surface area contributed by atoms with E-state index in [0.717, 1.165) is 4.90 Å². The van der Waals surface area contributed by atoms with E-state index in [9.17, 15) is 18.4 Å². The van der Waals surface area contributed by atoms with Gasteiger partial charge in [-0.2, -0.15) is 9.37 Å². The SMILES string of the molecule is COc1cc2c(c(F)n1)-c1cccnc1[C@H](C)C(=O)N2CC(=O)Nc1ccc(C(F)F)cc1. The van der Waals surface area contributed by atoms with Crippen molar-refractivity contribution < 1.29 is 27.5 Å². The molecule has 4 rings (SSSR count). The number of hydrogen-bond donors (Lipinski definition) is 1. The van der Waals surface area contributed by atoms with Crippen LogP contribution in [-0.4, -0.2) is 35.4 Å². The fraction of sp³-hybridized carbons (Fsp3) is 0.217. The predicted molar refractivity (Wildman–Crippen MR) is 115 cm³/mol. The second kappa shape index (κ2) is 8.89. The van der Waals surface area contributed by atoms with Crippen molar-refractivity contribution in [3.8, 4) is 17.0 Å². The third-order valence-corrected chi connectivity index (χ3v) is 5.33. The van der Waals surface area contributed by atoms with Crippen molar-refractivity contribution in [1.29, 1.82) is 0 Å². The van der Waals surface area contributed by atoms with E-state index in [2.05, 4.69) is 15.3 Å². The quantitative estimate of drug-likeness (QED) is 0.578. The maximum Gasteiger partial charge on any atom is 0.263 e. The molecule has 33 heavy (non-hydrogen) atoms. The number of fused-ring (bicyclic) bond motifs is 3. The molecule has 0 bridgehead atoms. The van der Waals surface area contributed by atoms with Crippen LogP contribution in [0.4, 0.5) is 24.5 Å². The third-order valence-electron chi connectivity index (χ3n) is 5.33. The van der Waals surface area contributed by atoms with E-state index in [1.165, 1.54) is 43.6 Å². The fourth-order valence-corrected chi connectivity index (χ4v) is 3.71. The molecule has 1 aliphatic heterocycles. The molecule has 10 heteroatoms. The highest BCUT2D eigenvalue weighted by molar-refractivity contribution is 6.09. The highest BCUT2D eigenvalue weighted by atomic mass is 19.3. The summed E-state index contributed by atoms with van der Waals surface area (Å²) < 4.78 is 45.6. The number of pyridine rings is 2. The lowest BCUT2D eigenvalue weighted by molar-refractivity contribution is -0.122. The zero-order chi connectivity index (χ0) is 23.7. The Balaban J connectivity index is 1.71. The van der Waals surface area contributed by atoms with Gasteiger partial charge in [0.1, 0.15) is 6.54 Å². The van der Waals surface area contributed by atoms with E-state index in [-0.39, 0.29) is 28.4 Å². The maximum absolute atomic E-state index is 15.1. The predicted octanol–water partition coefficient (Wildman–Crippen LogP) is 4.32. The number of alkyl halides is 2. The van der Waals surface area contributed by atoms with Gasteiger partial charge in [-0.3, -0.25) is 14.6 Å². The molecule has 7 nitrogen and oxygen atoms in total. The molecule has 1 aromatic carbocycles. The van der Waals surface area contributed by atoms with Crippen molar-refractivity contribution in [3.05, 3.63) is 65.9 Å². The molecule has 0 saturated heterocycles. The number of ether oxygens (including phenoxy) is 1. The minimum atomic E-state index is -2.63. The Morgan fingerprint density at radius 3 is 2.64 bits per heavy atom. The highest BCUT2D eigenvalue weighted by Gasteiger charge is 2.35. The van der Waals surface area contributed by atoms with E-state index >= 15 is 4.39 Å². The van der Waals surface area contributed by atoms with Crippen LogP contribution >= 0.6 is 0 Å². The Labute approximate surface area is 187 Å². The first-order valence-electron chi connectivity index (χ1n) is 9.99. The average molecular weight is 456 g/mol. The first-order chi connectivity index (χ1) is 15.8. The number of rotatable bonds is 5. The third kappa shape index (κ3) is 4.23. The molecule has 1 aliphatic rings. The Hall–Kier alpha value is -3.95. The van der Waals surface area contributed by atoms with Gasteiger partial charge in [-0.25, -0.2) is 8.78 Å². The van der Waals surface area contributed by atoms with Crippen molar-refractivity contribution in [2.75, 3.05) is 23.9 Å². The van der Waals surface area contributed by atoms with E-state index in [1.54, 1.807) is 19.1 Å². The zero-order valence-electron chi connectivity index (χ0n) is 17.7. The summed E-state index contributed by atoms with van der Waals surface area (Å²) in [4.78, 5) is 35.3. The Bertz CT molecular complexity index is 1220. The van der Waals surface area contributed by atoms with Crippen molar-refractivity contribution in [3.63, 3.8) is 0 Å². The van der Waals surface area contributed by atoms with Gasteiger partial charge >= 0.3 is 0 Å². The molecular weight excluding hydrogens is 437 g/mol. The van der Waals surface area contributed by atoms with Gasteiger partial charge in [-0.1, -0.05) is 18.2 Å². The number of methoxy groups -OCH3 is 1. The smallest absolute Gasteiger partial charge is 0.263 e. The molecule has 0 unspecified atom stereocenters. The summed E-state index contributed by atoms with van der Waals surface area (Å²) in [6.45, 7) is 1.17. The van der Waals surface area contributed by atoms with Gasteiger partial charge in [-0.05, 0) is 25.1 Å². The number of aromatic nitrogens is 2. The van der Waals surface area contributed by atoms with Crippen LogP contribution in [0.2, 0.25) is 0 Å². The van der Waals surface area contributed by atoms with Crippen LogP contribution in [0.15, 0.2) is 48.7 Å². The maximum atomic E-state index is 15.1. The van der Waals surface area contributed by atoms with Gasteiger partial charge in [0.05, 0.1) is 30.0 Å². The number of amides is 2. The van der Waals surface area contributed by atoms with Gasteiger partial charge in [0, 0.05) is 29.1 Å². The largest absolute Gasteiger partial charge is 0.481 e. The molecule has 2 amide bonds. The minimum Gasteiger partial charge on any atom is -0.481 e. The highest BCUT2D eigenvalue weighted by Crippen LogP contribution is 2.42. The Kier molecular flexibility index (Phi) is 5.99. The van der Waals surface area contributed by atoms with Crippen LogP contribution < -0.4 is 15.0 Å². The number of nitrogens with zero attached hydrogens (tertiary/aromatic N) is 3. The molecule has 3 heterocycles.